The molecule has 0 amide bonds. The van der Waals surface area contributed by atoms with Crippen LogP contribution in [0.2, 0.25) is 0 Å². The van der Waals surface area contributed by atoms with E-state index < -0.39 is 5.82 Å². The van der Waals surface area contributed by atoms with Crippen LogP contribution in [0.1, 0.15) is 21.6 Å². The number of carbonyl (C=O) groups excluding carboxylic acids is 1. The molecular weight excluding hydrogens is 205 g/mol. The van der Waals surface area contributed by atoms with E-state index in [9.17, 15) is 9.18 Å². The molecule has 0 saturated heterocycles. The molecule has 0 aliphatic carbocycles. The van der Waals surface area contributed by atoms with Crippen molar-refractivity contribution in [1.82, 2.24) is 4.98 Å². The first-order valence-corrected chi connectivity index (χ1v) is 4.93. The Kier molecular flexibility index (Phi) is 3.05. The maximum absolute atomic E-state index is 12.9. The van der Waals surface area contributed by atoms with E-state index in [4.69, 9.17) is 0 Å². The van der Waals surface area contributed by atoms with Gasteiger partial charge in [-0.1, -0.05) is 12.1 Å². The van der Waals surface area contributed by atoms with Crippen molar-refractivity contribution in [1.29, 1.82) is 0 Å². The molecule has 0 bridgehead atoms. The highest BCUT2D eigenvalue weighted by Gasteiger charge is 2.04. The van der Waals surface area contributed by atoms with Crippen molar-refractivity contribution in [3.05, 3.63) is 65.2 Å². The van der Waals surface area contributed by atoms with Gasteiger partial charge in [0.25, 0.3) is 0 Å². The van der Waals surface area contributed by atoms with Gasteiger partial charge in [0, 0.05) is 23.9 Å². The molecule has 2 aromatic rings. The van der Waals surface area contributed by atoms with Gasteiger partial charge in [0.05, 0.1) is 0 Å². The third-order valence-electron chi connectivity index (χ3n) is 2.33. The van der Waals surface area contributed by atoms with E-state index in [1.165, 1.54) is 12.1 Å². The average Bonchev–Trinajstić information content (AvgIpc) is 2.33. The average molecular weight is 215 g/mol. The smallest absolute Gasteiger partial charge is 0.150 e. The molecule has 16 heavy (non-hydrogen) atoms. The molecule has 0 spiro atoms. The maximum atomic E-state index is 12.9. The highest BCUT2D eigenvalue weighted by molar-refractivity contribution is 5.77. The predicted molar refractivity (Wildman–Crippen MR) is 58.8 cm³/mol. The molecule has 0 atom stereocenters. The van der Waals surface area contributed by atoms with Crippen LogP contribution in [0.3, 0.4) is 0 Å². The zero-order chi connectivity index (χ0) is 11.4. The molecule has 80 valence electrons. The molecule has 2 rings (SSSR count). The summed E-state index contributed by atoms with van der Waals surface area (Å²) in [6.07, 6.45) is 2.90. The lowest BCUT2D eigenvalue weighted by Gasteiger charge is -2.04. The minimum atomic E-state index is -0.396. The van der Waals surface area contributed by atoms with Crippen molar-refractivity contribution < 1.29 is 9.18 Å². The van der Waals surface area contributed by atoms with Gasteiger partial charge in [-0.25, -0.2) is 4.39 Å². The number of halogens is 1. The molecule has 0 unspecified atom stereocenters. The van der Waals surface area contributed by atoms with Crippen LogP contribution in [-0.4, -0.2) is 11.3 Å². The SMILES string of the molecule is O=Cc1cc(F)ccc1Cc1ccccn1. The highest BCUT2D eigenvalue weighted by atomic mass is 19.1. The number of aromatic nitrogens is 1. The van der Waals surface area contributed by atoms with Crippen LogP contribution in [0, 0.1) is 5.82 Å². The van der Waals surface area contributed by atoms with Gasteiger partial charge in [0.2, 0.25) is 0 Å². The molecule has 1 aromatic carbocycles. The normalized spacial score (nSPS) is 10.1. The highest BCUT2D eigenvalue weighted by Crippen LogP contribution is 2.13. The van der Waals surface area contributed by atoms with Gasteiger partial charge in [-0.05, 0) is 29.8 Å². The molecule has 0 N–H and O–H groups in total. The molecule has 0 radical (unpaired) electrons. The summed E-state index contributed by atoms with van der Waals surface area (Å²) in [6, 6.07) is 9.80. The summed E-state index contributed by atoms with van der Waals surface area (Å²) in [6.45, 7) is 0. The summed E-state index contributed by atoms with van der Waals surface area (Å²) >= 11 is 0. The summed E-state index contributed by atoms with van der Waals surface area (Å²) in [5.41, 5.74) is 2.03. The van der Waals surface area contributed by atoms with E-state index in [0.29, 0.717) is 18.3 Å². The Bertz CT molecular complexity index is 497. The van der Waals surface area contributed by atoms with Crippen LogP contribution < -0.4 is 0 Å². The standard InChI is InChI=1S/C13H10FNO/c14-12-5-4-10(11(7-12)9-16)8-13-3-1-2-6-15-13/h1-7,9H,8H2. The Morgan fingerprint density at radius 3 is 2.81 bits per heavy atom. The Hall–Kier alpha value is -2.03. The number of aldehydes is 1. The van der Waals surface area contributed by atoms with Crippen molar-refractivity contribution in [3.63, 3.8) is 0 Å². The second-order valence-corrected chi connectivity index (χ2v) is 3.46. The summed E-state index contributed by atoms with van der Waals surface area (Å²) < 4.78 is 12.9. The first kappa shape index (κ1) is 10.5. The van der Waals surface area contributed by atoms with Crippen molar-refractivity contribution >= 4 is 6.29 Å². The Morgan fingerprint density at radius 2 is 2.12 bits per heavy atom. The van der Waals surface area contributed by atoms with Crippen molar-refractivity contribution in [2.45, 2.75) is 6.42 Å². The van der Waals surface area contributed by atoms with Gasteiger partial charge in [-0.3, -0.25) is 9.78 Å². The number of nitrogens with zero attached hydrogens (tertiary/aromatic N) is 1. The largest absolute Gasteiger partial charge is 0.298 e. The first-order chi connectivity index (χ1) is 7.79. The number of pyridine rings is 1. The fraction of sp³-hybridized carbons (Fsp3) is 0.0769. The lowest BCUT2D eigenvalue weighted by molar-refractivity contribution is 0.112. The van der Waals surface area contributed by atoms with E-state index in [1.807, 2.05) is 18.2 Å². The third-order valence-corrected chi connectivity index (χ3v) is 2.33. The van der Waals surface area contributed by atoms with Gasteiger partial charge >= 0.3 is 0 Å². The van der Waals surface area contributed by atoms with Crippen molar-refractivity contribution in [2.24, 2.45) is 0 Å². The molecule has 0 saturated carbocycles. The van der Waals surface area contributed by atoms with Crippen LogP contribution in [0.25, 0.3) is 0 Å². The maximum Gasteiger partial charge on any atom is 0.150 e. The van der Waals surface area contributed by atoms with Crippen LogP contribution >= 0.6 is 0 Å². The summed E-state index contributed by atoms with van der Waals surface area (Å²) in [5, 5.41) is 0. The van der Waals surface area contributed by atoms with Crippen LogP contribution in [0.4, 0.5) is 4.39 Å². The minimum Gasteiger partial charge on any atom is -0.298 e. The number of hydrogen-bond acceptors (Lipinski definition) is 2. The molecule has 0 aliphatic heterocycles. The van der Waals surface area contributed by atoms with E-state index >= 15 is 0 Å². The number of benzene rings is 1. The molecule has 0 aliphatic rings. The fourth-order valence-electron chi connectivity index (χ4n) is 1.53. The van der Waals surface area contributed by atoms with Gasteiger partial charge in [-0.2, -0.15) is 0 Å². The summed E-state index contributed by atoms with van der Waals surface area (Å²) in [5.74, 6) is -0.396. The van der Waals surface area contributed by atoms with Gasteiger partial charge in [0.15, 0.2) is 0 Å². The van der Waals surface area contributed by atoms with Gasteiger partial charge in [0.1, 0.15) is 12.1 Å². The number of rotatable bonds is 3. The fourth-order valence-corrected chi connectivity index (χ4v) is 1.53. The Labute approximate surface area is 92.8 Å². The second kappa shape index (κ2) is 4.66. The zero-order valence-corrected chi connectivity index (χ0v) is 8.56. The summed E-state index contributed by atoms with van der Waals surface area (Å²) in [7, 11) is 0. The lowest BCUT2D eigenvalue weighted by atomic mass is 10.0. The zero-order valence-electron chi connectivity index (χ0n) is 8.56. The van der Waals surface area contributed by atoms with Crippen LogP contribution in [0.5, 0.6) is 0 Å². The van der Waals surface area contributed by atoms with Crippen molar-refractivity contribution in [3.8, 4) is 0 Å². The molecule has 1 heterocycles. The Morgan fingerprint density at radius 1 is 1.25 bits per heavy atom. The molecule has 0 fully saturated rings. The van der Waals surface area contributed by atoms with Crippen LogP contribution in [0.15, 0.2) is 42.6 Å². The third kappa shape index (κ3) is 2.31. The molecule has 1 aromatic heterocycles. The topological polar surface area (TPSA) is 30.0 Å². The predicted octanol–water partition coefficient (Wildman–Crippen LogP) is 2.62. The van der Waals surface area contributed by atoms with E-state index in [0.717, 1.165) is 11.3 Å². The molecule has 2 nitrogen and oxygen atoms in total. The van der Waals surface area contributed by atoms with Gasteiger partial charge in [-0.15, -0.1) is 0 Å². The van der Waals surface area contributed by atoms with Crippen LogP contribution in [-0.2, 0) is 6.42 Å². The van der Waals surface area contributed by atoms with E-state index in [2.05, 4.69) is 4.98 Å². The summed E-state index contributed by atoms with van der Waals surface area (Å²) in [4.78, 5) is 14.9. The quantitative estimate of drug-likeness (QED) is 0.737. The first-order valence-electron chi connectivity index (χ1n) is 4.93. The van der Waals surface area contributed by atoms with E-state index in [1.54, 1.807) is 12.3 Å². The lowest BCUT2D eigenvalue weighted by Crippen LogP contribution is -1.97. The number of carbonyl (C=O) groups is 1. The molecule has 3 heteroatoms. The molecular formula is C13H10FNO. The minimum absolute atomic E-state index is 0.380. The van der Waals surface area contributed by atoms with Gasteiger partial charge < -0.3 is 0 Å². The van der Waals surface area contributed by atoms with E-state index in [-0.39, 0.29) is 0 Å². The van der Waals surface area contributed by atoms with Crippen molar-refractivity contribution in [2.75, 3.05) is 0 Å². The Balaban J connectivity index is 2.31. The second-order valence-electron chi connectivity index (χ2n) is 3.46. The monoisotopic (exact) mass is 215 g/mol. The number of hydrogen-bond donors (Lipinski definition) is 0.